The normalized spacial score (nSPS) is 16.6. The quantitative estimate of drug-likeness (QED) is 0.796. The van der Waals surface area contributed by atoms with Crippen molar-refractivity contribution in [3.8, 4) is 5.75 Å². The van der Waals surface area contributed by atoms with Crippen molar-refractivity contribution in [2.45, 2.75) is 25.9 Å². The third-order valence-corrected chi connectivity index (χ3v) is 5.32. The predicted molar refractivity (Wildman–Crippen MR) is 103 cm³/mol. The highest BCUT2D eigenvalue weighted by molar-refractivity contribution is 5.76. The number of piperazine rings is 1. The minimum atomic E-state index is -0.348. The molecular weight excluding hydrogens is 360 g/mol. The third-order valence-electron chi connectivity index (χ3n) is 5.32. The Morgan fingerprint density at radius 1 is 1.07 bits per heavy atom. The fraction of sp³-hybridized carbons (Fsp3) is 0.450. The summed E-state index contributed by atoms with van der Waals surface area (Å²) in [5, 5.41) is 2.45. The minimum absolute atomic E-state index is 0.00549. The molecule has 3 heterocycles. The van der Waals surface area contributed by atoms with Crippen molar-refractivity contribution in [3.05, 3.63) is 62.2 Å². The van der Waals surface area contributed by atoms with Gasteiger partial charge in [0, 0.05) is 57.7 Å². The lowest BCUT2D eigenvalue weighted by Crippen LogP contribution is -2.48. The number of carbonyl (C=O) groups is 1. The molecule has 0 bridgehead atoms. The number of fused-ring (bicyclic) bond motifs is 1. The Morgan fingerprint density at radius 2 is 1.89 bits per heavy atom. The molecule has 8 nitrogen and oxygen atoms in total. The standard InChI is InChI=1S/C20H24N4O4/c25-18-3-4-20(27)24(21-18)7-5-19(26)23-10-8-22(9-11-23)14-15-1-2-17-16(13-15)6-12-28-17/h1-4,13H,5-12,14H2,(H,21,25). The molecule has 1 fully saturated rings. The molecule has 2 aliphatic rings. The van der Waals surface area contributed by atoms with Crippen LogP contribution in [-0.4, -0.2) is 58.3 Å². The summed E-state index contributed by atoms with van der Waals surface area (Å²) in [5.41, 5.74) is 1.90. The second kappa shape index (κ2) is 8.02. The molecule has 28 heavy (non-hydrogen) atoms. The Labute approximate surface area is 162 Å². The zero-order valence-electron chi connectivity index (χ0n) is 15.7. The zero-order chi connectivity index (χ0) is 19.5. The van der Waals surface area contributed by atoms with Gasteiger partial charge in [-0.3, -0.25) is 24.4 Å². The number of nitrogens with zero attached hydrogens (tertiary/aromatic N) is 3. The van der Waals surface area contributed by atoms with Gasteiger partial charge in [-0.15, -0.1) is 0 Å². The van der Waals surface area contributed by atoms with Gasteiger partial charge in [0.1, 0.15) is 5.75 Å². The molecule has 4 rings (SSSR count). The molecule has 1 amide bonds. The Morgan fingerprint density at radius 3 is 2.71 bits per heavy atom. The average molecular weight is 384 g/mol. The van der Waals surface area contributed by atoms with E-state index in [9.17, 15) is 14.4 Å². The summed E-state index contributed by atoms with van der Waals surface area (Å²) >= 11 is 0. The Bertz CT molecular complexity index is 973. The smallest absolute Gasteiger partial charge is 0.265 e. The van der Waals surface area contributed by atoms with Crippen molar-refractivity contribution in [3.63, 3.8) is 0 Å². The van der Waals surface area contributed by atoms with Crippen LogP contribution < -0.4 is 15.9 Å². The van der Waals surface area contributed by atoms with Gasteiger partial charge in [0.15, 0.2) is 0 Å². The van der Waals surface area contributed by atoms with Crippen LogP contribution in [-0.2, 0) is 24.3 Å². The maximum Gasteiger partial charge on any atom is 0.265 e. The molecule has 8 heteroatoms. The van der Waals surface area contributed by atoms with Crippen molar-refractivity contribution in [2.24, 2.45) is 0 Å². The maximum atomic E-state index is 12.4. The van der Waals surface area contributed by atoms with E-state index in [4.69, 9.17) is 4.74 Å². The largest absolute Gasteiger partial charge is 0.493 e. The molecule has 0 spiro atoms. The first-order valence-electron chi connectivity index (χ1n) is 9.63. The first kappa shape index (κ1) is 18.5. The number of hydrogen-bond acceptors (Lipinski definition) is 5. The molecule has 0 radical (unpaired) electrons. The molecule has 0 unspecified atom stereocenters. The number of nitrogens with one attached hydrogen (secondary N) is 1. The highest BCUT2D eigenvalue weighted by Gasteiger charge is 2.21. The van der Waals surface area contributed by atoms with E-state index in [-0.39, 0.29) is 30.0 Å². The van der Waals surface area contributed by atoms with Crippen molar-refractivity contribution in [1.82, 2.24) is 19.6 Å². The van der Waals surface area contributed by atoms with Gasteiger partial charge in [-0.2, -0.15) is 0 Å². The Kier molecular flexibility index (Phi) is 5.29. The Balaban J connectivity index is 1.26. The summed E-state index contributed by atoms with van der Waals surface area (Å²) in [6, 6.07) is 8.78. The van der Waals surface area contributed by atoms with Crippen LogP contribution in [0, 0.1) is 0 Å². The van der Waals surface area contributed by atoms with Gasteiger partial charge in [0.25, 0.3) is 11.1 Å². The van der Waals surface area contributed by atoms with E-state index < -0.39 is 0 Å². The molecule has 0 aliphatic carbocycles. The topological polar surface area (TPSA) is 87.6 Å². The van der Waals surface area contributed by atoms with Gasteiger partial charge >= 0.3 is 0 Å². The summed E-state index contributed by atoms with van der Waals surface area (Å²) < 4.78 is 6.74. The van der Waals surface area contributed by atoms with Gasteiger partial charge < -0.3 is 9.64 Å². The lowest BCUT2D eigenvalue weighted by molar-refractivity contribution is -0.133. The summed E-state index contributed by atoms with van der Waals surface area (Å²) in [6.07, 6.45) is 1.17. The fourth-order valence-electron chi connectivity index (χ4n) is 3.75. The monoisotopic (exact) mass is 384 g/mol. The highest BCUT2D eigenvalue weighted by Crippen LogP contribution is 2.26. The summed E-state index contributed by atoms with van der Waals surface area (Å²) in [6.45, 7) is 4.81. The number of aromatic amines is 1. The number of aromatic nitrogens is 2. The Hall–Kier alpha value is -2.87. The van der Waals surface area contributed by atoms with Crippen molar-refractivity contribution >= 4 is 5.91 Å². The highest BCUT2D eigenvalue weighted by atomic mass is 16.5. The lowest BCUT2D eigenvalue weighted by atomic mass is 10.1. The van der Waals surface area contributed by atoms with Crippen LogP contribution in [0.3, 0.4) is 0 Å². The van der Waals surface area contributed by atoms with Crippen LogP contribution in [0.5, 0.6) is 5.75 Å². The molecule has 1 aromatic heterocycles. The zero-order valence-corrected chi connectivity index (χ0v) is 15.7. The van der Waals surface area contributed by atoms with Crippen molar-refractivity contribution < 1.29 is 9.53 Å². The predicted octanol–water partition coefficient (Wildman–Crippen LogP) is 0.206. The van der Waals surface area contributed by atoms with Crippen molar-refractivity contribution in [1.29, 1.82) is 0 Å². The summed E-state index contributed by atoms with van der Waals surface area (Å²) in [4.78, 5) is 39.6. The van der Waals surface area contributed by atoms with Gasteiger partial charge in [-0.1, -0.05) is 12.1 Å². The van der Waals surface area contributed by atoms with Gasteiger partial charge in [0.05, 0.1) is 13.2 Å². The van der Waals surface area contributed by atoms with Crippen LogP contribution in [0.25, 0.3) is 0 Å². The molecule has 0 atom stereocenters. The van der Waals surface area contributed by atoms with E-state index in [1.807, 2.05) is 11.0 Å². The van der Waals surface area contributed by atoms with Crippen LogP contribution in [0.4, 0.5) is 0 Å². The average Bonchev–Trinajstić information content (AvgIpc) is 3.17. The number of ether oxygens (including phenoxy) is 1. The maximum absolute atomic E-state index is 12.4. The second-order valence-electron chi connectivity index (χ2n) is 7.25. The van der Waals surface area contributed by atoms with Crippen LogP contribution in [0.2, 0.25) is 0 Å². The molecule has 148 valence electrons. The molecule has 1 saturated heterocycles. The number of benzene rings is 1. The number of aryl methyl sites for hydroxylation is 1. The van der Waals surface area contributed by atoms with E-state index in [0.717, 1.165) is 38.4 Å². The van der Waals surface area contributed by atoms with Crippen molar-refractivity contribution in [2.75, 3.05) is 32.8 Å². The fourth-order valence-corrected chi connectivity index (χ4v) is 3.75. The minimum Gasteiger partial charge on any atom is -0.493 e. The molecule has 2 aromatic rings. The number of amides is 1. The second-order valence-corrected chi connectivity index (χ2v) is 7.25. The number of carbonyl (C=O) groups excluding carboxylic acids is 1. The van der Waals surface area contributed by atoms with Gasteiger partial charge in [-0.05, 0) is 17.2 Å². The van der Waals surface area contributed by atoms with Gasteiger partial charge in [-0.25, -0.2) is 4.68 Å². The summed E-state index contributed by atoms with van der Waals surface area (Å²) in [5.74, 6) is 1.00. The number of hydrogen-bond donors (Lipinski definition) is 1. The summed E-state index contributed by atoms with van der Waals surface area (Å²) in [7, 11) is 0. The van der Waals surface area contributed by atoms with Crippen LogP contribution in [0.1, 0.15) is 17.5 Å². The molecule has 2 aliphatic heterocycles. The van der Waals surface area contributed by atoms with Crippen LogP contribution >= 0.6 is 0 Å². The SMILES string of the molecule is O=C(CCn1[nH]c(=O)ccc1=O)N1CCN(Cc2ccc3c(c2)CCO3)CC1. The third kappa shape index (κ3) is 4.17. The number of H-pyrrole nitrogens is 1. The lowest BCUT2D eigenvalue weighted by Gasteiger charge is -2.35. The molecule has 1 aromatic carbocycles. The van der Waals surface area contributed by atoms with E-state index >= 15 is 0 Å². The van der Waals surface area contributed by atoms with E-state index in [0.29, 0.717) is 13.1 Å². The first-order valence-corrected chi connectivity index (χ1v) is 9.63. The number of rotatable bonds is 5. The molecule has 1 N–H and O–H groups in total. The molecule has 0 saturated carbocycles. The van der Waals surface area contributed by atoms with Gasteiger partial charge in [0.2, 0.25) is 5.91 Å². The molecular formula is C20H24N4O4. The first-order chi connectivity index (χ1) is 13.6. The van der Waals surface area contributed by atoms with E-state index in [2.05, 4.69) is 22.1 Å². The van der Waals surface area contributed by atoms with Crippen LogP contribution in [0.15, 0.2) is 39.9 Å². The van der Waals surface area contributed by atoms with E-state index in [1.165, 1.54) is 27.9 Å². The van der Waals surface area contributed by atoms with E-state index in [1.54, 1.807) is 0 Å².